The van der Waals surface area contributed by atoms with Crippen LogP contribution in [0.15, 0.2) is 42.5 Å². The van der Waals surface area contributed by atoms with Crippen molar-refractivity contribution in [3.05, 3.63) is 64.4 Å². The van der Waals surface area contributed by atoms with Crippen molar-refractivity contribution in [1.29, 1.82) is 0 Å². The summed E-state index contributed by atoms with van der Waals surface area (Å²) in [7, 11) is 3.08. The number of halogens is 1. The Balaban J connectivity index is 1.53. The van der Waals surface area contributed by atoms with Crippen LogP contribution in [0.4, 0.5) is 5.69 Å². The van der Waals surface area contributed by atoms with E-state index >= 15 is 0 Å². The zero-order valence-electron chi connectivity index (χ0n) is 15.9. The lowest BCUT2D eigenvalue weighted by Crippen LogP contribution is -2.24. The van der Waals surface area contributed by atoms with Crippen molar-refractivity contribution in [3.8, 4) is 11.5 Å². The van der Waals surface area contributed by atoms with E-state index in [9.17, 15) is 4.79 Å². The van der Waals surface area contributed by atoms with Gasteiger partial charge in [-0.25, -0.2) is 4.68 Å². The molecule has 29 heavy (non-hydrogen) atoms. The van der Waals surface area contributed by atoms with E-state index in [1.165, 1.54) is 7.11 Å². The van der Waals surface area contributed by atoms with E-state index in [1.54, 1.807) is 30.0 Å². The highest BCUT2D eigenvalue weighted by atomic mass is 35.5. The molecule has 0 aliphatic carbocycles. The van der Waals surface area contributed by atoms with E-state index in [1.807, 2.05) is 24.3 Å². The number of methoxy groups -OCH3 is 2. The molecule has 4 rings (SSSR count). The Morgan fingerprint density at radius 1 is 1.21 bits per heavy atom. The third-order valence-electron chi connectivity index (χ3n) is 4.71. The van der Waals surface area contributed by atoms with Crippen molar-refractivity contribution < 1.29 is 19.0 Å². The Labute approximate surface area is 172 Å². The number of rotatable bonds is 5. The van der Waals surface area contributed by atoms with Gasteiger partial charge in [-0.3, -0.25) is 4.79 Å². The average Bonchev–Trinajstić information content (AvgIpc) is 3.17. The van der Waals surface area contributed by atoms with Gasteiger partial charge in [0, 0.05) is 11.1 Å². The highest BCUT2D eigenvalue weighted by molar-refractivity contribution is 6.30. The molecule has 2 heterocycles. The molecule has 3 aromatic rings. The number of nitrogens with one attached hydrogen (secondary N) is 1. The molecule has 0 bridgehead atoms. The molecular formula is C20H19ClN4O4. The van der Waals surface area contributed by atoms with Gasteiger partial charge in [0.25, 0.3) is 5.91 Å². The topological polar surface area (TPSA) is 87.5 Å². The van der Waals surface area contributed by atoms with Gasteiger partial charge in [-0.1, -0.05) is 28.9 Å². The lowest BCUT2D eigenvalue weighted by Gasteiger charge is -2.24. The molecule has 1 aromatic heterocycles. The summed E-state index contributed by atoms with van der Waals surface area (Å²) in [6.07, 6.45) is -0.184. The van der Waals surface area contributed by atoms with Crippen LogP contribution in [-0.2, 0) is 17.9 Å². The normalized spacial score (nSPS) is 15.5. The molecule has 1 aliphatic heterocycles. The molecule has 9 heteroatoms. The van der Waals surface area contributed by atoms with Crippen LogP contribution >= 0.6 is 11.6 Å². The van der Waals surface area contributed by atoms with Crippen molar-refractivity contribution in [2.24, 2.45) is 0 Å². The SMILES string of the molecule is COc1ccc(OC)c(NC(=O)c2nnn3c2COC(c2ccc(Cl)cc2)C3)c1. The largest absolute Gasteiger partial charge is 0.497 e. The second kappa shape index (κ2) is 8.10. The fraction of sp³-hybridized carbons (Fsp3) is 0.250. The Morgan fingerprint density at radius 2 is 2.00 bits per heavy atom. The van der Waals surface area contributed by atoms with Crippen LogP contribution in [0.2, 0.25) is 5.02 Å². The van der Waals surface area contributed by atoms with Gasteiger partial charge < -0.3 is 19.5 Å². The number of hydrogen-bond donors (Lipinski definition) is 1. The zero-order chi connectivity index (χ0) is 20.4. The summed E-state index contributed by atoms with van der Waals surface area (Å²) < 4.78 is 18.2. The number of benzene rings is 2. The summed E-state index contributed by atoms with van der Waals surface area (Å²) in [5, 5.41) is 11.7. The molecule has 1 atom stereocenters. The predicted octanol–water partition coefficient (Wildman–Crippen LogP) is 3.47. The maximum atomic E-state index is 12.8. The van der Waals surface area contributed by atoms with Crippen LogP contribution in [0.1, 0.15) is 27.8 Å². The number of aromatic nitrogens is 3. The lowest BCUT2D eigenvalue weighted by molar-refractivity contribution is -0.00171. The first-order valence-corrected chi connectivity index (χ1v) is 9.29. The first-order chi connectivity index (χ1) is 14.1. The molecular weight excluding hydrogens is 396 g/mol. The number of carbonyl (C=O) groups is 1. The van der Waals surface area contributed by atoms with Crippen LogP contribution in [0.25, 0.3) is 0 Å². The van der Waals surface area contributed by atoms with Crippen LogP contribution in [0, 0.1) is 0 Å². The van der Waals surface area contributed by atoms with Gasteiger partial charge in [-0.2, -0.15) is 0 Å². The zero-order valence-corrected chi connectivity index (χ0v) is 16.6. The van der Waals surface area contributed by atoms with Crippen LogP contribution in [0.5, 0.6) is 11.5 Å². The summed E-state index contributed by atoms with van der Waals surface area (Å²) in [6.45, 7) is 0.679. The van der Waals surface area contributed by atoms with Crippen molar-refractivity contribution in [2.45, 2.75) is 19.3 Å². The number of amides is 1. The summed E-state index contributed by atoms with van der Waals surface area (Å²) >= 11 is 5.95. The van der Waals surface area contributed by atoms with Gasteiger partial charge in [0.15, 0.2) is 5.69 Å². The van der Waals surface area contributed by atoms with Crippen LogP contribution in [-0.4, -0.2) is 35.1 Å². The molecule has 8 nitrogen and oxygen atoms in total. The molecule has 1 amide bonds. The highest BCUT2D eigenvalue weighted by Gasteiger charge is 2.28. The van der Waals surface area contributed by atoms with E-state index in [-0.39, 0.29) is 18.4 Å². The second-order valence-electron chi connectivity index (χ2n) is 6.44. The molecule has 0 saturated carbocycles. The Bertz CT molecular complexity index is 1040. The van der Waals surface area contributed by atoms with Crippen molar-refractivity contribution in [2.75, 3.05) is 19.5 Å². The van der Waals surface area contributed by atoms with E-state index in [0.717, 1.165) is 5.56 Å². The van der Waals surface area contributed by atoms with Gasteiger partial charge in [0.05, 0.1) is 38.8 Å². The van der Waals surface area contributed by atoms with Gasteiger partial charge in [0.2, 0.25) is 0 Å². The maximum Gasteiger partial charge on any atom is 0.278 e. The van der Waals surface area contributed by atoms with Crippen LogP contribution < -0.4 is 14.8 Å². The Kier molecular flexibility index (Phi) is 5.37. The van der Waals surface area contributed by atoms with E-state index in [4.69, 9.17) is 25.8 Å². The number of hydrogen-bond acceptors (Lipinski definition) is 6. The molecule has 1 aliphatic rings. The maximum absolute atomic E-state index is 12.8. The monoisotopic (exact) mass is 414 g/mol. The minimum Gasteiger partial charge on any atom is -0.497 e. The number of ether oxygens (including phenoxy) is 3. The second-order valence-corrected chi connectivity index (χ2v) is 6.87. The molecule has 0 fully saturated rings. The molecule has 1 N–H and O–H groups in total. The predicted molar refractivity (Wildman–Crippen MR) is 107 cm³/mol. The fourth-order valence-corrected chi connectivity index (χ4v) is 3.29. The Morgan fingerprint density at radius 3 is 2.72 bits per heavy atom. The molecule has 1 unspecified atom stereocenters. The first kappa shape index (κ1) is 19.2. The quantitative estimate of drug-likeness (QED) is 0.687. The molecule has 150 valence electrons. The van der Waals surface area contributed by atoms with Gasteiger partial charge in [-0.05, 0) is 29.8 Å². The first-order valence-electron chi connectivity index (χ1n) is 8.92. The van der Waals surface area contributed by atoms with Gasteiger partial charge >= 0.3 is 0 Å². The number of fused-ring (bicyclic) bond motifs is 1. The summed E-state index contributed by atoms with van der Waals surface area (Å²) in [5.41, 5.74) is 2.30. The van der Waals surface area contributed by atoms with E-state index in [2.05, 4.69) is 15.6 Å². The number of nitrogens with zero attached hydrogens (tertiary/aromatic N) is 3. The van der Waals surface area contributed by atoms with Crippen molar-refractivity contribution in [3.63, 3.8) is 0 Å². The number of anilines is 1. The number of carbonyl (C=O) groups excluding carboxylic acids is 1. The smallest absolute Gasteiger partial charge is 0.278 e. The van der Waals surface area contributed by atoms with Crippen molar-refractivity contribution >= 4 is 23.2 Å². The standard InChI is InChI=1S/C20H19ClN4O4/c1-27-14-7-8-17(28-2)15(9-14)22-20(26)19-16-11-29-18(10-25(16)24-23-19)12-3-5-13(21)6-4-12/h3-9,18H,10-11H2,1-2H3,(H,22,26). The third-order valence-corrected chi connectivity index (χ3v) is 4.96. The molecule has 0 saturated heterocycles. The van der Waals surface area contributed by atoms with Gasteiger partial charge in [0.1, 0.15) is 17.6 Å². The molecule has 0 spiro atoms. The third kappa shape index (κ3) is 3.90. The molecule has 2 aromatic carbocycles. The highest BCUT2D eigenvalue weighted by Crippen LogP contribution is 2.31. The van der Waals surface area contributed by atoms with Crippen molar-refractivity contribution in [1.82, 2.24) is 15.0 Å². The summed E-state index contributed by atoms with van der Waals surface area (Å²) in [6, 6.07) is 12.6. The summed E-state index contributed by atoms with van der Waals surface area (Å²) in [5.74, 6) is 0.714. The van der Waals surface area contributed by atoms with E-state index < -0.39 is 5.91 Å². The minimum atomic E-state index is -0.397. The lowest BCUT2D eigenvalue weighted by atomic mass is 10.1. The van der Waals surface area contributed by atoms with E-state index in [0.29, 0.717) is 34.4 Å². The van der Waals surface area contributed by atoms with Gasteiger partial charge in [-0.15, -0.1) is 5.10 Å². The van der Waals surface area contributed by atoms with Crippen LogP contribution in [0.3, 0.4) is 0 Å². The fourth-order valence-electron chi connectivity index (χ4n) is 3.16. The average molecular weight is 415 g/mol. The Hall–Kier alpha value is -3.10. The summed E-state index contributed by atoms with van der Waals surface area (Å²) in [4.78, 5) is 12.8. The molecule has 0 radical (unpaired) electrons. The minimum absolute atomic E-state index is 0.184.